The van der Waals surface area contributed by atoms with Crippen molar-refractivity contribution in [1.82, 2.24) is 14.9 Å². The number of aryl methyl sites for hydroxylation is 1. The minimum atomic E-state index is 0.140. The Hall–Kier alpha value is -0.830. The van der Waals surface area contributed by atoms with Gasteiger partial charge in [0.25, 0.3) is 0 Å². The molecule has 0 saturated carbocycles. The van der Waals surface area contributed by atoms with E-state index in [0.717, 1.165) is 19.5 Å². The average Bonchev–Trinajstić information content (AvgIpc) is 2.64. The van der Waals surface area contributed by atoms with Gasteiger partial charge in [0.15, 0.2) is 0 Å². The van der Waals surface area contributed by atoms with E-state index in [1.807, 2.05) is 6.20 Å². The van der Waals surface area contributed by atoms with Crippen LogP contribution in [0.4, 0.5) is 0 Å². The minimum Gasteiger partial charge on any atom is -0.335 e. The van der Waals surface area contributed by atoms with Crippen LogP contribution in [0.15, 0.2) is 12.4 Å². The maximum absolute atomic E-state index is 4.49. The highest BCUT2D eigenvalue weighted by atomic mass is 15.1. The number of rotatable bonds is 6. The third kappa shape index (κ3) is 3.34. The number of nitrogens with one attached hydrogen (secondary N) is 1. The molecule has 1 heterocycles. The molecule has 0 aromatic carbocycles. The van der Waals surface area contributed by atoms with Crippen LogP contribution < -0.4 is 5.32 Å². The number of aromatic nitrogens is 2. The van der Waals surface area contributed by atoms with Crippen molar-refractivity contribution in [3.8, 4) is 0 Å². The highest BCUT2D eigenvalue weighted by Gasteiger charge is 2.24. The van der Waals surface area contributed by atoms with Gasteiger partial charge in [-0.2, -0.15) is 0 Å². The molecule has 0 radical (unpaired) electrons. The number of nitrogens with zero attached hydrogens (tertiary/aromatic N) is 2. The molecule has 0 unspecified atom stereocenters. The number of hydrogen-bond donors (Lipinski definition) is 1. The molecule has 0 spiro atoms. The smallest absolute Gasteiger partial charge is 0.114 e. The molecule has 3 nitrogen and oxygen atoms in total. The van der Waals surface area contributed by atoms with Crippen LogP contribution in [0.3, 0.4) is 0 Å². The monoisotopic (exact) mass is 223 g/mol. The van der Waals surface area contributed by atoms with E-state index in [1.165, 1.54) is 5.82 Å². The van der Waals surface area contributed by atoms with Gasteiger partial charge in [0.2, 0.25) is 0 Å². The Morgan fingerprint density at radius 3 is 2.69 bits per heavy atom. The third-order valence-corrected chi connectivity index (χ3v) is 2.96. The van der Waals surface area contributed by atoms with E-state index in [4.69, 9.17) is 0 Å². The van der Waals surface area contributed by atoms with E-state index in [1.54, 1.807) is 0 Å². The molecule has 0 fully saturated rings. The Bertz CT molecular complexity index is 313. The molecule has 92 valence electrons. The van der Waals surface area contributed by atoms with Crippen LogP contribution in [0, 0.1) is 0 Å². The van der Waals surface area contributed by atoms with Crippen LogP contribution in [0.5, 0.6) is 0 Å². The zero-order chi connectivity index (χ0) is 12.2. The van der Waals surface area contributed by atoms with Gasteiger partial charge in [-0.3, -0.25) is 0 Å². The predicted octanol–water partition coefficient (Wildman–Crippen LogP) is 2.57. The van der Waals surface area contributed by atoms with Gasteiger partial charge >= 0.3 is 0 Å². The van der Waals surface area contributed by atoms with Crippen molar-refractivity contribution in [2.45, 2.75) is 59.0 Å². The highest BCUT2D eigenvalue weighted by Crippen LogP contribution is 2.25. The van der Waals surface area contributed by atoms with Crippen LogP contribution in [-0.2, 0) is 12.0 Å². The zero-order valence-electron chi connectivity index (χ0n) is 11.2. The van der Waals surface area contributed by atoms with Crippen LogP contribution >= 0.6 is 0 Å². The van der Waals surface area contributed by atoms with Gasteiger partial charge in [0.1, 0.15) is 5.82 Å². The summed E-state index contributed by atoms with van der Waals surface area (Å²) in [6.45, 7) is 13.1. The van der Waals surface area contributed by atoms with Crippen molar-refractivity contribution in [3.05, 3.63) is 18.2 Å². The summed E-state index contributed by atoms with van der Waals surface area (Å²) >= 11 is 0. The molecule has 0 aliphatic rings. The molecule has 1 N–H and O–H groups in total. The number of imidazole rings is 1. The van der Waals surface area contributed by atoms with Gasteiger partial charge in [0, 0.05) is 30.4 Å². The Morgan fingerprint density at radius 1 is 1.44 bits per heavy atom. The fraction of sp³-hybridized carbons (Fsp3) is 0.769. The first-order chi connectivity index (χ1) is 7.47. The lowest BCUT2D eigenvalue weighted by Gasteiger charge is -2.25. The average molecular weight is 223 g/mol. The summed E-state index contributed by atoms with van der Waals surface area (Å²) in [5.41, 5.74) is 0.140. The second-order valence-corrected chi connectivity index (χ2v) is 5.28. The molecule has 1 aromatic heterocycles. The minimum absolute atomic E-state index is 0.140. The molecule has 16 heavy (non-hydrogen) atoms. The first kappa shape index (κ1) is 13.2. The molecular formula is C13H25N3. The lowest BCUT2D eigenvalue weighted by molar-refractivity contribution is 0.405. The second-order valence-electron chi connectivity index (χ2n) is 5.28. The summed E-state index contributed by atoms with van der Waals surface area (Å²) in [6, 6.07) is 0.557. The molecule has 1 aromatic rings. The van der Waals surface area contributed by atoms with Crippen molar-refractivity contribution >= 4 is 0 Å². The van der Waals surface area contributed by atoms with Crippen molar-refractivity contribution in [2.75, 3.05) is 6.54 Å². The maximum Gasteiger partial charge on any atom is 0.114 e. The molecule has 0 aliphatic heterocycles. The van der Waals surface area contributed by atoms with E-state index in [0.29, 0.717) is 6.04 Å². The van der Waals surface area contributed by atoms with Crippen LogP contribution in [0.1, 0.15) is 46.9 Å². The Kier molecular flexibility index (Phi) is 4.54. The summed E-state index contributed by atoms with van der Waals surface area (Å²) in [5, 5.41) is 3.46. The summed E-state index contributed by atoms with van der Waals surface area (Å²) in [6.07, 6.45) is 5.08. The van der Waals surface area contributed by atoms with E-state index in [2.05, 4.69) is 55.7 Å². The fourth-order valence-corrected chi connectivity index (χ4v) is 1.93. The van der Waals surface area contributed by atoms with Crippen molar-refractivity contribution in [2.24, 2.45) is 0 Å². The van der Waals surface area contributed by atoms with Gasteiger partial charge in [-0.15, -0.1) is 0 Å². The Labute approximate surface area is 99.3 Å². The first-order valence-electron chi connectivity index (χ1n) is 6.22. The normalized spacial score (nSPS) is 12.4. The number of hydrogen-bond acceptors (Lipinski definition) is 2. The topological polar surface area (TPSA) is 29.9 Å². The summed E-state index contributed by atoms with van der Waals surface area (Å²) < 4.78 is 2.23. The predicted molar refractivity (Wildman–Crippen MR) is 68.7 cm³/mol. The molecule has 1 rings (SSSR count). The highest BCUT2D eigenvalue weighted by molar-refractivity contribution is 5.06. The lowest BCUT2D eigenvalue weighted by atomic mass is 9.88. The summed E-state index contributed by atoms with van der Waals surface area (Å²) in [7, 11) is 0. The molecule has 3 heteroatoms. The van der Waals surface area contributed by atoms with Gasteiger partial charge < -0.3 is 9.88 Å². The third-order valence-electron chi connectivity index (χ3n) is 2.96. The van der Waals surface area contributed by atoms with Crippen molar-refractivity contribution in [1.29, 1.82) is 0 Å². The van der Waals surface area contributed by atoms with Gasteiger partial charge in [-0.1, -0.05) is 27.7 Å². The SMILES string of the molecule is CCn1ccnc1C(C)(C)CCNC(C)C. The Morgan fingerprint density at radius 2 is 2.12 bits per heavy atom. The fourth-order valence-electron chi connectivity index (χ4n) is 1.93. The molecule has 0 amide bonds. The van der Waals surface area contributed by atoms with E-state index >= 15 is 0 Å². The van der Waals surface area contributed by atoms with Crippen molar-refractivity contribution in [3.63, 3.8) is 0 Å². The van der Waals surface area contributed by atoms with Crippen LogP contribution in [-0.4, -0.2) is 22.1 Å². The van der Waals surface area contributed by atoms with Gasteiger partial charge in [-0.05, 0) is 19.9 Å². The molecule has 0 aliphatic carbocycles. The quantitative estimate of drug-likeness (QED) is 0.803. The Balaban J connectivity index is 2.62. The first-order valence-corrected chi connectivity index (χ1v) is 6.22. The molecule has 0 atom stereocenters. The van der Waals surface area contributed by atoms with Crippen molar-refractivity contribution < 1.29 is 0 Å². The van der Waals surface area contributed by atoms with Crippen LogP contribution in [0.2, 0.25) is 0 Å². The van der Waals surface area contributed by atoms with Gasteiger partial charge in [0.05, 0.1) is 0 Å². The van der Waals surface area contributed by atoms with E-state index in [9.17, 15) is 0 Å². The lowest BCUT2D eigenvalue weighted by Crippen LogP contribution is -2.31. The summed E-state index contributed by atoms with van der Waals surface area (Å²) in [5.74, 6) is 1.19. The van der Waals surface area contributed by atoms with Gasteiger partial charge in [-0.25, -0.2) is 4.98 Å². The van der Waals surface area contributed by atoms with E-state index in [-0.39, 0.29) is 5.41 Å². The largest absolute Gasteiger partial charge is 0.335 e. The molecular weight excluding hydrogens is 198 g/mol. The zero-order valence-corrected chi connectivity index (χ0v) is 11.2. The standard InChI is InChI=1S/C13H25N3/c1-6-16-10-9-15-12(16)13(4,5)7-8-14-11(2)3/h9-11,14H,6-8H2,1-5H3. The molecule has 0 bridgehead atoms. The van der Waals surface area contributed by atoms with E-state index < -0.39 is 0 Å². The van der Waals surface area contributed by atoms with Crippen LogP contribution in [0.25, 0.3) is 0 Å². The molecule has 0 saturated heterocycles. The summed E-state index contributed by atoms with van der Waals surface area (Å²) in [4.78, 5) is 4.49. The second kappa shape index (κ2) is 5.48. The maximum atomic E-state index is 4.49.